The Morgan fingerprint density at radius 2 is 1.85 bits per heavy atom. The second kappa shape index (κ2) is 6.28. The van der Waals surface area contributed by atoms with Crippen LogP contribution in [0, 0.1) is 5.82 Å². The van der Waals surface area contributed by atoms with E-state index in [4.69, 9.17) is 23.1 Å². The van der Waals surface area contributed by atoms with E-state index in [1.807, 2.05) is 6.92 Å². The van der Waals surface area contributed by atoms with Crippen molar-refractivity contribution in [3.63, 3.8) is 0 Å². The Kier molecular flexibility index (Phi) is 4.67. The van der Waals surface area contributed by atoms with E-state index in [0.717, 1.165) is 5.75 Å². The van der Waals surface area contributed by atoms with Crippen molar-refractivity contribution >= 4 is 35.0 Å². The molecule has 0 spiro atoms. The van der Waals surface area contributed by atoms with Crippen molar-refractivity contribution in [3.05, 3.63) is 40.2 Å². The van der Waals surface area contributed by atoms with Crippen molar-refractivity contribution in [2.24, 2.45) is 0 Å². The van der Waals surface area contributed by atoms with Crippen LogP contribution in [0.2, 0.25) is 5.02 Å². The number of hydrogen-bond donors (Lipinski definition) is 2. The number of benzene rings is 1. The molecule has 1 heterocycles. The lowest BCUT2D eigenvalue weighted by Gasteiger charge is -2.11. The average molecular weight is 313 g/mol. The van der Waals surface area contributed by atoms with Gasteiger partial charge in [-0.2, -0.15) is 0 Å². The predicted molar refractivity (Wildman–Crippen MR) is 81.5 cm³/mol. The van der Waals surface area contributed by atoms with Gasteiger partial charge in [-0.15, -0.1) is 0 Å². The summed E-state index contributed by atoms with van der Waals surface area (Å²) in [4.78, 5) is 8.33. The highest BCUT2D eigenvalue weighted by atomic mass is 35.5. The zero-order valence-corrected chi connectivity index (χ0v) is 12.4. The van der Waals surface area contributed by atoms with E-state index < -0.39 is 5.82 Å². The monoisotopic (exact) mass is 312 g/mol. The second-order valence-corrected chi connectivity index (χ2v) is 5.70. The minimum atomic E-state index is -0.400. The van der Waals surface area contributed by atoms with Crippen LogP contribution in [-0.2, 0) is 6.42 Å². The number of thioether (sulfide) groups is 1. The largest absolute Gasteiger partial charge is 0.383 e. The first-order valence-corrected chi connectivity index (χ1v) is 7.36. The van der Waals surface area contributed by atoms with Gasteiger partial charge in [0.2, 0.25) is 0 Å². The molecule has 7 heteroatoms. The van der Waals surface area contributed by atoms with Crippen LogP contribution in [-0.4, -0.2) is 15.7 Å². The van der Waals surface area contributed by atoms with Gasteiger partial charge >= 0.3 is 0 Å². The van der Waals surface area contributed by atoms with E-state index in [1.54, 1.807) is 12.1 Å². The Morgan fingerprint density at radius 1 is 1.20 bits per heavy atom. The van der Waals surface area contributed by atoms with Gasteiger partial charge in [0.15, 0.2) is 5.16 Å². The van der Waals surface area contributed by atoms with Gasteiger partial charge in [0, 0.05) is 22.6 Å². The minimum absolute atomic E-state index is 0.167. The number of anilines is 2. The van der Waals surface area contributed by atoms with Gasteiger partial charge in [0.25, 0.3) is 0 Å². The maximum Gasteiger partial charge on any atom is 0.191 e. The molecule has 0 saturated carbocycles. The molecule has 2 aromatic rings. The molecule has 0 amide bonds. The molecule has 0 radical (unpaired) electrons. The first kappa shape index (κ1) is 14.9. The third-order valence-corrected chi connectivity index (χ3v) is 3.82. The number of nitrogen functional groups attached to an aromatic ring is 2. The Labute approximate surface area is 125 Å². The van der Waals surface area contributed by atoms with E-state index in [0.29, 0.717) is 21.3 Å². The molecule has 0 fully saturated rings. The zero-order valence-electron chi connectivity index (χ0n) is 10.9. The van der Waals surface area contributed by atoms with Crippen molar-refractivity contribution in [2.45, 2.75) is 18.5 Å². The molecular weight excluding hydrogens is 299 g/mol. The highest BCUT2D eigenvalue weighted by Gasteiger charge is 2.15. The molecule has 0 saturated heterocycles. The fourth-order valence-electron chi connectivity index (χ4n) is 1.75. The number of nitrogens with zero attached hydrogens (tertiary/aromatic N) is 2. The number of nitrogens with two attached hydrogens (primary N) is 2. The Bertz CT molecular complexity index is 593. The van der Waals surface area contributed by atoms with Crippen LogP contribution in [0.5, 0.6) is 0 Å². The summed E-state index contributed by atoms with van der Waals surface area (Å²) in [6.45, 7) is 1.98. The van der Waals surface area contributed by atoms with E-state index in [1.165, 1.54) is 17.8 Å². The van der Waals surface area contributed by atoms with E-state index in [-0.39, 0.29) is 18.1 Å². The Hall–Kier alpha value is -1.53. The first-order chi connectivity index (χ1) is 9.52. The van der Waals surface area contributed by atoms with Crippen LogP contribution in [0.15, 0.2) is 23.4 Å². The molecule has 0 unspecified atom stereocenters. The molecule has 0 aliphatic rings. The zero-order chi connectivity index (χ0) is 14.7. The van der Waals surface area contributed by atoms with Gasteiger partial charge in [-0.3, -0.25) is 0 Å². The van der Waals surface area contributed by atoms with Gasteiger partial charge in [-0.1, -0.05) is 36.4 Å². The predicted octanol–water partition coefficient (Wildman–Crippen LogP) is 3.14. The van der Waals surface area contributed by atoms with Crippen molar-refractivity contribution < 1.29 is 4.39 Å². The van der Waals surface area contributed by atoms with Gasteiger partial charge in [-0.05, 0) is 17.9 Å². The summed E-state index contributed by atoms with van der Waals surface area (Å²) in [6.07, 6.45) is 0.167. The second-order valence-electron chi connectivity index (χ2n) is 4.07. The van der Waals surface area contributed by atoms with Gasteiger partial charge in [-0.25, -0.2) is 14.4 Å². The van der Waals surface area contributed by atoms with Crippen LogP contribution in [0.3, 0.4) is 0 Å². The molecule has 0 aliphatic heterocycles. The van der Waals surface area contributed by atoms with Crippen LogP contribution in [0.25, 0.3) is 0 Å². The van der Waals surface area contributed by atoms with Gasteiger partial charge in [0.05, 0.1) is 0 Å². The Morgan fingerprint density at radius 3 is 2.40 bits per heavy atom. The normalized spacial score (nSPS) is 10.8. The van der Waals surface area contributed by atoms with Crippen molar-refractivity contribution in [1.29, 1.82) is 0 Å². The molecule has 0 atom stereocenters. The Balaban J connectivity index is 2.39. The fourth-order valence-corrected chi connectivity index (χ4v) is 2.56. The van der Waals surface area contributed by atoms with Crippen molar-refractivity contribution in [1.82, 2.24) is 9.97 Å². The average Bonchev–Trinajstić information content (AvgIpc) is 2.37. The molecular formula is C13H14ClFN4S. The van der Waals surface area contributed by atoms with E-state index in [9.17, 15) is 4.39 Å². The summed E-state index contributed by atoms with van der Waals surface area (Å²) < 4.78 is 13.8. The summed E-state index contributed by atoms with van der Waals surface area (Å²) in [6, 6.07) is 4.51. The van der Waals surface area contributed by atoms with E-state index >= 15 is 0 Å². The summed E-state index contributed by atoms with van der Waals surface area (Å²) in [5.41, 5.74) is 12.6. The smallest absolute Gasteiger partial charge is 0.191 e. The molecule has 0 bridgehead atoms. The van der Waals surface area contributed by atoms with Gasteiger partial charge in [0.1, 0.15) is 17.5 Å². The lowest BCUT2D eigenvalue weighted by Crippen LogP contribution is -2.08. The molecule has 4 N–H and O–H groups in total. The van der Waals surface area contributed by atoms with Crippen LogP contribution in [0.1, 0.15) is 18.1 Å². The highest BCUT2D eigenvalue weighted by molar-refractivity contribution is 7.99. The molecule has 1 aromatic heterocycles. The lowest BCUT2D eigenvalue weighted by atomic mass is 10.1. The topological polar surface area (TPSA) is 77.8 Å². The third-order valence-electron chi connectivity index (χ3n) is 2.74. The molecule has 4 nitrogen and oxygen atoms in total. The van der Waals surface area contributed by atoms with Crippen LogP contribution < -0.4 is 11.5 Å². The van der Waals surface area contributed by atoms with Crippen molar-refractivity contribution in [2.75, 3.05) is 17.2 Å². The molecule has 1 aromatic carbocycles. The van der Waals surface area contributed by atoms with E-state index in [2.05, 4.69) is 9.97 Å². The number of aromatic nitrogens is 2. The summed E-state index contributed by atoms with van der Waals surface area (Å²) in [5, 5.41) is 0.849. The number of rotatable bonds is 4. The van der Waals surface area contributed by atoms with Crippen LogP contribution in [0.4, 0.5) is 16.0 Å². The molecule has 106 valence electrons. The summed E-state index contributed by atoms with van der Waals surface area (Å²) in [7, 11) is 0. The minimum Gasteiger partial charge on any atom is -0.383 e. The fraction of sp³-hybridized carbons (Fsp3) is 0.231. The maximum atomic E-state index is 13.8. The quantitative estimate of drug-likeness (QED) is 0.670. The van der Waals surface area contributed by atoms with Crippen molar-refractivity contribution in [3.8, 4) is 0 Å². The first-order valence-electron chi connectivity index (χ1n) is 6.00. The molecule has 2 rings (SSSR count). The number of hydrogen-bond acceptors (Lipinski definition) is 5. The van der Waals surface area contributed by atoms with Gasteiger partial charge < -0.3 is 11.5 Å². The maximum absolute atomic E-state index is 13.8. The standard InChI is InChI=1S/C13H14ClFN4S/c1-2-20-13-18-11(16)8(12(17)19-13)6-7-9(14)4-3-5-10(7)15/h3-5H,2,6H2,1H3,(H4,16,17,18,19). The highest BCUT2D eigenvalue weighted by Crippen LogP contribution is 2.28. The van der Waals surface area contributed by atoms with Crippen LogP contribution >= 0.6 is 23.4 Å². The SMILES string of the molecule is CCSc1nc(N)c(Cc2c(F)cccc2Cl)c(N)n1. The lowest BCUT2D eigenvalue weighted by molar-refractivity contribution is 0.614. The number of halogens is 2. The molecule has 20 heavy (non-hydrogen) atoms. The molecule has 0 aliphatic carbocycles. The summed E-state index contributed by atoms with van der Waals surface area (Å²) in [5.74, 6) is 0.932. The third kappa shape index (κ3) is 3.13. The summed E-state index contributed by atoms with van der Waals surface area (Å²) >= 11 is 7.44.